The maximum atomic E-state index is 14.5. The van der Waals surface area contributed by atoms with E-state index in [0.717, 1.165) is 42.8 Å². The molecular formula is C45H75N7O6S. The number of hydrogen-bond donors (Lipinski definition) is 3. The summed E-state index contributed by atoms with van der Waals surface area (Å²) in [6.07, 6.45) is 5.20. The smallest absolute Gasteiger partial charge is 0.245 e. The molecule has 1 fully saturated rings. The van der Waals surface area contributed by atoms with Crippen LogP contribution in [0.5, 0.6) is 0 Å². The fourth-order valence-electron chi connectivity index (χ4n) is 8.69. The quantitative estimate of drug-likeness (QED) is 0.113. The Kier molecular flexibility index (Phi) is 20.9. The van der Waals surface area contributed by atoms with E-state index in [4.69, 9.17) is 15.2 Å². The third-order valence-electron chi connectivity index (χ3n) is 12.2. The number of methoxy groups -OCH3 is 2. The normalized spacial score (nSPS) is 18.6. The predicted molar refractivity (Wildman–Crippen MR) is 236 cm³/mol. The number of thiazole rings is 1. The van der Waals surface area contributed by atoms with Crippen molar-refractivity contribution in [3.05, 3.63) is 52.5 Å². The van der Waals surface area contributed by atoms with Gasteiger partial charge in [-0.2, -0.15) is 0 Å². The Bertz CT molecular complexity index is 1560. The zero-order valence-corrected chi connectivity index (χ0v) is 38.5. The van der Waals surface area contributed by atoms with Crippen LogP contribution >= 0.6 is 11.3 Å². The van der Waals surface area contributed by atoms with Crippen LogP contribution in [0.15, 0.2) is 41.9 Å². The van der Waals surface area contributed by atoms with Crippen LogP contribution in [-0.4, -0.2) is 128 Å². The number of hydrogen-bond acceptors (Lipinski definition) is 10. The van der Waals surface area contributed by atoms with Gasteiger partial charge < -0.3 is 35.6 Å². The van der Waals surface area contributed by atoms with E-state index in [-0.39, 0.29) is 59.9 Å². The lowest BCUT2D eigenvalue weighted by Crippen LogP contribution is -2.60. The summed E-state index contributed by atoms with van der Waals surface area (Å²) < 4.78 is 12.1. The molecule has 1 aromatic carbocycles. The van der Waals surface area contributed by atoms with E-state index in [2.05, 4.69) is 29.5 Å². The number of carbonyl (C=O) groups excluding carboxylic acids is 4. The Morgan fingerprint density at radius 1 is 0.966 bits per heavy atom. The maximum absolute atomic E-state index is 14.5. The number of aromatic nitrogens is 1. The molecule has 0 saturated carbocycles. The van der Waals surface area contributed by atoms with Crippen LogP contribution in [0.25, 0.3) is 0 Å². The number of rotatable bonds is 25. The molecule has 4 N–H and O–H groups in total. The lowest BCUT2D eigenvalue weighted by molar-refractivity contribution is -0.148. The molecule has 0 aliphatic carbocycles. The summed E-state index contributed by atoms with van der Waals surface area (Å²) in [5.41, 5.74) is 6.81. The Morgan fingerprint density at radius 2 is 1.66 bits per heavy atom. The zero-order valence-electron chi connectivity index (χ0n) is 37.7. The van der Waals surface area contributed by atoms with E-state index in [9.17, 15) is 19.2 Å². The summed E-state index contributed by atoms with van der Waals surface area (Å²) in [5, 5.41) is 9.09. The van der Waals surface area contributed by atoms with Crippen molar-refractivity contribution in [1.29, 1.82) is 0 Å². The first-order valence-electron chi connectivity index (χ1n) is 21.7. The number of benzene rings is 1. The van der Waals surface area contributed by atoms with E-state index in [1.807, 2.05) is 87.2 Å². The van der Waals surface area contributed by atoms with Crippen molar-refractivity contribution in [3.63, 3.8) is 0 Å². The van der Waals surface area contributed by atoms with Gasteiger partial charge in [-0.1, -0.05) is 85.2 Å². The summed E-state index contributed by atoms with van der Waals surface area (Å²) in [4.78, 5) is 66.8. The largest absolute Gasteiger partial charge is 0.379 e. The van der Waals surface area contributed by atoms with Crippen LogP contribution in [-0.2, 0) is 35.1 Å². The van der Waals surface area contributed by atoms with Crippen LogP contribution in [0.4, 0.5) is 0 Å². The van der Waals surface area contributed by atoms with Gasteiger partial charge in [0.1, 0.15) is 11.0 Å². The number of likely N-dealkylation sites (N-methyl/N-ethyl adjacent to an activating group) is 2. The van der Waals surface area contributed by atoms with Gasteiger partial charge in [-0.3, -0.25) is 24.1 Å². The molecule has 0 bridgehead atoms. The molecule has 9 atom stereocenters. The van der Waals surface area contributed by atoms with Gasteiger partial charge in [-0.25, -0.2) is 4.98 Å². The summed E-state index contributed by atoms with van der Waals surface area (Å²) in [7, 11) is 6.89. The molecule has 332 valence electrons. The minimum Gasteiger partial charge on any atom is -0.379 e. The van der Waals surface area contributed by atoms with Crippen LogP contribution in [0.2, 0.25) is 0 Å². The second kappa shape index (κ2) is 24.7. The summed E-state index contributed by atoms with van der Waals surface area (Å²) in [6, 6.07) is 7.77. The van der Waals surface area contributed by atoms with Gasteiger partial charge in [0.2, 0.25) is 23.6 Å². The molecule has 1 aliphatic heterocycles. The molecule has 59 heavy (non-hydrogen) atoms. The van der Waals surface area contributed by atoms with Crippen molar-refractivity contribution in [1.82, 2.24) is 30.3 Å². The lowest BCUT2D eigenvalue weighted by atomic mass is 9.89. The number of nitrogens with two attached hydrogens (primary N) is 1. The topological polar surface area (TPSA) is 159 Å². The molecule has 1 saturated heterocycles. The van der Waals surface area contributed by atoms with Gasteiger partial charge in [0.25, 0.3) is 0 Å². The number of nitrogens with zero attached hydrogens (tertiary/aromatic N) is 4. The van der Waals surface area contributed by atoms with Crippen LogP contribution in [0.3, 0.4) is 0 Å². The number of likely N-dealkylation sites (tertiary alicyclic amines) is 1. The second-order valence-corrected chi connectivity index (χ2v) is 18.0. The molecule has 14 heteroatoms. The van der Waals surface area contributed by atoms with Crippen molar-refractivity contribution in [2.45, 2.75) is 136 Å². The molecular weight excluding hydrogens is 767 g/mol. The molecule has 4 amide bonds. The number of unbranched alkanes of at least 4 members (excludes halogenated alkanes) is 1. The van der Waals surface area contributed by atoms with Crippen molar-refractivity contribution in [2.75, 3.05) is 47.9 Å². The first kappa shape index (κ1) is 49.9. The van der Waals surface area contributed by atoms with E-state index in [1.54, 1.807) is 32.4 Å². The lowest BCUT2D eigenvalue weighted by Gasteiger charge is -2.41. The van der Waals surface area contributed by atoms with Crippen molar-refractivity contribution < 1.29 is 28.7 Å². The van der Waals surface area contributed by atoms with E-state index >= 15 is 0 Å². The highest BCUT2D eigenvalue weighted by atomic mass is 32.1. The fraction of sp³-hybridized carbons (Fsp3) is 0.711. The van der Waals surface area contributed by atoms with Crippen LogP contribution < -0.4 is 16.4 Å². The van der Waals surface area contributed by atoms with Crippen LogP contribution in [0, 0.1) is 23.7 Å². The summed E-state index contributed by atoms with van der Waals surface area (Å²) >= 11 is 1.51. The average molecular weight is 842 g/mol. The summed E-state index contributed by atoms with van der Waals surface area (Å²) in [6.45, 7) is 15.7. The van der Waals surface area contributed by atoms with Gasteiger partial charge in [-0.05, 0) is 75.6 Å². The van der Waals surface area contributed by atoms with Gasteiger partial charge in [-0.15, -0.1) is 11.3 Å². The second-order valence-electron chi connectivity index (χ2n) is 17.1. The van der Waals surface area contributed by atoms with Crippen molar-refractivity contribution in [2.24, 2.45) is 29.4 Å². The predicted octanol–water partition coefficient (Wildman–Crippen LogP) is 5.30. The molecule has 2 heterocycles. The first-order chi connectivity index (χ1) is 28.1. The molecule has 0 spiro atoms. The minimum absolute atomic E-state index is 0.0196. The van der Waals surface area contributed by atoms with Crippen molar-refractivity contribution >= 4 is 35.0 Å². The zero-order chi connectivity index (χ0) is 43.8. The van der Waals surface area contributed by atoms with Gasteiger partial charge in [0.05, 0.1) is 48.7 Å². The third-order valence-corrected chi connectivity index (χ3v) is 13.1. The van der Waals surface area contributed by atoms with Gasteiger partial charge >= 0.3 is 0 Å². The molecule has 3 rings (SSSR count). The highest BCUT2D eigenvalue weighted by Crippen LogP contribution is 2.30. The van der Waals surface area contributed by atoms with E-state index in [1.165, 1.54) is 11.3 Å². The Labute approximate surface area is 358 Å². The van der Waals surface area contributed by atoms with E-state index < -0.39 is 36.3 Å². The summed E-state index contributed by atoms with van der Waals surface area (Å²) in [5.74, 6) is -1.41. The Morgan fingerprint density at radius 3 is 2.22 bits per heavy atom. The van der Waals surface area contributed by atoms with Crippen LogP contribution in [0.1, 0.15) is 104 Å². The van der Waals surface area contributed by atoms with Gasteiger partial charge in [0.15, 0.2) is 0 Å². The fourth-order valence-corrected chi connectivity index (χ4v) is 9.38. The number of ether oxygens (including phenoxy) is 2. The van der Waals surface area contributed by atoms with Crippen molar-refractivity contribution in [3.8, 4) is 0 Å². The van der Waals surface area contributed by atoms with E-state index in [0.29, 0.717) is 25.9 Å². The SMILES string of the molecule is CC[C@H](C)[C@@H]([C@@H](CC(=O)N1CCCC1[C@H](OC)[C@@H](C)C(=O)N[C@@H](Cc1ccccc1)c1nccs1)OC)N(C)C(=O)C(NC(=O)C(C(C)C)N(C)CCCCN)C(C)C. The number of carbonyl (C=O) groups is 4. The Hall–Kier alpha value is -3.43. The molecule has 1 aliphatic rings. The minimum atomic E-state index is -0.771. The Balaban J connectivity index is 1.78. The molecule has 2 aromatic rings. The highest BCUT2D eigenvalue weighted by molar-refractivity contribution is 7.09. The highest BCUT2D eigenvalue weighted by Gasteiger charge is 2.43. The first-order valence-corrected chi connectivity index (χ1v) is 22.5. The standard InChI is InChI=1S/C45H75N7O6S/c1-12-31(6)40(51(9)45(56)38(29(2)3)49-43(55)39(30(4)5)50(8)24-17-16-22-46)36(57-10)28-37(53)52-25-18-21-35(52)41(58-11)32(7)42(54)48-34(44-47-23-26-59-44)27-33-19-14-13-15-20-33/h13-15,19-20,23,26,29-32,34-36,38-41H,12,16-18,21-22,24-25,27-28,46H2,1-11H3,(H,48,54)(H,49,55)/t31-,32+,34-,35?,36+,38?,39?,40-,41+/m0/s1. The third kappa shape index (κ3) is 13.8. The molecule has 3 unspecified atom stereocenters. The molecule has 1 aromatic heterocycles. The molecule has 0 radical (unpaired) electrons. The monoisotopic (exact) mass is 842 g/mol. The number of nitrogens with one attached hydrogen (secondary N) is 2. The molecule has 13 nitrogen and oxygen atoms in total. The van der Waals surface area contributed by atoms with Gasteiger partial charge in [0, 0.05) is 39.4 Å². The maximum Gasteiger partial charge on any atom is 0.245 e. The average Bonchev–Trinajstić information content (AvgIpc) is 3.93. The number of amides is 4.